The van der Waals surface area contributed by atoms with Crippen LogP contribution in [0.25, 0.3) is 10.8 Å². The van der Waals surface area contributed by atoms with Crippen molar-refractivity contribution in [1.82, 2.24) is 0 Å². The van der Waals surface area contributed by atoms with Gasteiger partial charge in [0.15, 0.2) is 0 Å². The van der Waals surface area contributed by atoms with Crippen LogP contribution in [0.4, 0.5) is 0 Å². The van der Waals surface area contributed by atoms with Crippen LogP contribution in [0.15, 0.2) is 66.7 Å². The van der Waals surface area contributed by atoms with Crippen molar-refractivity contribution in [2.75, 3.05) is 7.11 Å². The summed E-state index contributed by atoms with van der Waals surface area (Å²) in [5, 5.41) is 2.57. The molecular formula is C19H18O. The molecule has 3 aromatic rings. The van der Waals surface area contributed by atoms with Crippen molar-refractivity contribution in [3.8, 4) is 5.75 Å². The van der Waals surface area contributed by atoms with E-state index in [1.807, 2.05) is 6.07 Å². The number of ether oxygens (including phenoxy) is 1. The molecule has 0 aromatic heterocycles. The minimum Gasteiger partial charge on any atom is -0.497 e. The summed E-state index contributed by atoms with van der Waals surface area (Å²) in [7, 11) is 1.72. The summed E-state index contributed by atoms with van der Waals surface area (Å²) < 4.78 is 5.34. The topological polar surface area (TPSA) is 9.23 Å². The summed E-state index contributed by atoms with van der Waals surface area (Å²) in [6.45, 7) is 0. The summed E-state index contributed by atoms with van der Waals surface area (Å²) >= 11 is 0. The van der Waals surface area contributed by atoms with Crippen molar-refractivity contribution in [3.63, 3.8) is 0 Å². The van der Waals surface area contributed by atoms with Gasteiger partial charge in [0.25, 0.3) is 0 Å². The van der Waals surface area contributed by atoms with Crippen LogP contribution in [0.2, 0.25) is 0 Å². The lowest BCUT2D eigenvalue weighted by molar-refractivity contribution is 0.415. The van der Waals surface area contributed by atoms with Crippen molar-refractivity contribution in [3.05, 3.63) is 77.9 Å². The maximum atomic E-state index is 5.34. The van der Waals surface area contributed by atoms with E-state index in [4.69, 9.17) is 4.74 Å². The lowest BCUT2D eigenvalue weighted by atomic mass is 9.98. The Bertz CT molecular complexity index is 701. The molecule has 20 heavy (non-hydrogen) atoms. The smallest absolute Gasteiger partial charge is 0.119 e. The van der Waals surface area contributed by atoms with Crippen LogP contribution in [0, 0.1) is 0 Å². The molecule has 0 aliphatic rings. The van der Waals surface area contributed by atoms with Gasteiger partial charge in [-0.05, 0) is 46.9 Å². The second kappa shape index (κ2) is 5.79. The fourth-order valence-corrected chi connectivity index (χ4v) is 2.59. The zero-order valence-electron chi connectivity index (χ0n) is 11.7. The first kappa shape index (κ1) is 12.7. The monoisotopic (exact) mass is 262 g/mol. The largest absolute Gasteiger partial charge is 0.497 e. The summed E-state index contributed by atoms with van der Waals surface area (Å²) in [4.78, 5) is 0. The Morgan fingerprint density at radius 3 is 2.45 bits per heavy atom. The zero-order valence-corrected chi connectivity index (χ0v) is 11.7. The van der Waals surface area contributed by atoms with Gasteiger partial charge in [-0.1, -0.05) is 54.6 Å². The van der Waals surface area contributed by atoms with Crippen molar-refractivity contribution in [2.24, 2.45) is 0 Å². The number of hydrogen-bond donors (Lipinski definition) is 0. The van der Waals surface area contributed by atoms with E-state index in [1.165, 1.54) is 21.9 Å². The van der Waals surface area contributed by atoms with E-state index in [0.717, 1.165) is 18.6 Å². The highest BCUT2D eigenvalue weighted by Crippen LogP contribution is 2.25. The molecule has 0 bridgehead atoms. The minimum atomic E-state index is 0.921. The zero-order chi connectivity index (χ0) is 13.8. The summed E-state index contributed by atoms with van der Waals surface area (Å²) in [5.41, 5.74) is 2.76. The van der Waals surface area contributed by atoms with Gasteiger partial charge >= 0.3 is 0 Å². The molecule has 1 nitrogen and oxygen atoms in total. The number of fused-ring (bicyclic) bond motifs is 1. The van der Waals surface area contributed by atoms with Crippen molar-refractivity contribution in [2.45, 2.75) is 12.8 Å². The molecule has 0 atom stereocenters. The quantitative estimate of drug-likeness (QED) is 0.666. The molecule has 0 spiro atoms. The molecule has 3 rings (SSSR count). The van der Waals surface area contributed by atoms with E-state index in [2.05, 4.69) is 60.7 Å². The molecule has 0 amide bonds. The molecular weight excluding hydrogens is 244 g/mol. The average Bonchev–Trinajstić information content (AvgIpc) is 2.53. The van der Waals surface area contributed by atoms with E-state index in [-0.39, 0.29) is 0 Å². The number of rotatable bonds is 4. The fraction of sp³-hybridized carbons (Fsp3) is 0.158. The molecule has 0 aliphatic heterocycles. The third-order valence-corrected chi connectivity index (χ3v) is 3.71. The predicted molar refractivity (Wildman–Crippen MR) is 84.4 cm³/mol. The van der Waals surface area contributed by atoms with E-state index in [0.29, 0.717) is 0 Å². The van der Waals surface area contributed by atoms with E-state index in [9.17, 15) is 0 Å². The molecule has 0 heterocycles. The minimum absolute atomic E-state index is 0.921. The number of benzene rings is 3. The van der Waals surface area contributed by atoms with Gasteiger partial charge < -0.3 is 4.74 Å². The van der Waals surface area contributed by atoms with Crippen LogP contribution in [-0.4, -0.2) is 7.11 Å². The fourth-order valence-electron chi connectivity index (χ4n) is 2.59. The van der Waals surface area contributed by atoms with Gasteiger partial charge in [-0.2, -0.15) is 0 Å². The van der Waals surface area contributed by atoms with Crippen LogP contribution in [-0.2, 0) is 12.8 Å². The molecule has 0 saturated carbocycles. The summed E-state index contributed by atoms with van der Waals surface area (Å²) in [6.07, 6.45) is 2.12. The molecule has 0 saturated heterocycles. The molecule has 0 N–H and O–H groups in total. The predicted octanol–water partition coefficient (Wildman–Crippen LogP) is 4.63. The molecule has 3 aromatic carbocycles. The summed E-state index contributed by atoms with van der Waals surface area (Å²) in [6, 6.07) is 23.4. The van der Waals surface area contributed by atoms with Gasteiger partial charge in [0.2, 0.25) is 0 Å². The number of aryl methyl sites for hydroxylation is 2. The van der Waals surface area contributed by atoms with Crippen LogP contribution in [0.3, 0.4) is 0 Å². The van der Waals surface area contributed by atoms with E-state index >= 15 is 0 Å². The lowest BCUT2D eigenvalue weighted by Gasteiger charge is -2.08. The molecule has 0 unspecified atom stereocenters. The standard InChI is InChI=1S/C19H18O/c1-20-18-13-12-17-9-5-8-16(19(17)14-18)11-10-15-6-3-2-4-7-15/h2-9,12-14H,10-11H2,1H3. The normalized spacial score (nSPS) is 10.7. The van der Waals surface area contributed by atoms with Crippen molar-refractivity contribution >= 4 is 10.8 Å². The summed E-state index contributed by atoms with van der Waals surface area (Å²) in [5.74, 6) is 0.921. The third-order valence-electron chi connectivity index (χ3n) is 3.71. The highest BCUT2D eigenvalue weighted by atomic mass is 16.5. The van der Waals surface area contributed by atoms with Gasteiger partial charge in [0, 0.05) is 0 Å². The molecule has 0 radical (unpaired) electrons. The Labute approximate surface area is 119 Å². The average molecular weight is 262 g/mol. The Hall–Kier alpha value is -2.28. The first-order valence-electron chi connectivity index (χ1n) is 6.96. The Morgan fingerprint density at radius 1 is 0.800 bits per heavy atom. The Kier molecular flexibility index (Phi) is 3.69. The highest BCUT2D eigenvalue weighted by Gasteiger charge is 2.03. The van der Waals surface area contributed by atoms with E-state index in [1.54, 1.807) is 7.11 Å². The maximum Gasteiger partial charge on any atom is 0.119 e. The van der Waals surface area contributed by atoms with Gasteiger partial charge in [0.1, 0.15) is 5.75 Å². The van der Waals surface area contributed by atoms with Crippen LogP contribution >= 0.6 is 0 Å². The van der Waals surface area contributed by atoms with Crippen molar-refractivity contribution < 1.29 is 4.74 Å². The number of methoxy groups -OCH3 is 1. The Morgan fingerprint density at radius 2 is 1.65 bits per heavy atom. The third kappa shape index (κ3) is 2.67. The Balaban J connectivity index is 1.90. The van der Waals surface area contributed by atoms with Gasteiger partial charge in [-0.15, -0.1) is 0 Å². The van der Waals surface area contributed by atoms with Crippen LogP contribution in [0.5, 0.6) is 5.75 Å². The van der Waals surface area contributed by atoms with Gasteiger partial charge in [0.05, 0.1) is 7.11 Å². The molecule has 1 heteroatoms. The second-order valence-corrected chi connectivity index (χ2v) is 4.99. The SMILES string of the molecule is COc1ccc2cccc(CCc3ccccc3)c2c1. The first-order valence-corrected chi connectivity index (χ1v) is 6.96. The van der Waals surface area contributed by atoms with Crippen LogP contribution in [0.1, 0.15) is 11.1 Å². The molecule has 100 valence electrons. The second-order valence-electron chi connectivity index (χ2n) is 4.99. The van der Waals surface area contributed by atoms with Crippen molar-refractivity contribution in [1.29, 1.82) is 0 Å². The number of hydrogen-bond acceptors (Lipinski definition) is 1. The van der Waals surface area contributed by atoms with E-state index < -0.39 is 0 Å². The maximum absolute atomic E-state index is 5.34. The van der Waals surface area contributed by atoms with Gasteiger partial charge in [-0.3, -0.25) is 0 Å². The highest BCUT2D eigenvalue weighted by molar-refractivity contribution is 5.87. The van der Waals surface area contributed by atoms with Crippen LogP contribution < -0.4 is 4.74 Å². The molecule has 0 aliphatic carbocycles. The lowest BCUT2D eigenvalue weighted by Crippen LogP contribution is -1.93. The van der Waals surface area contributed by atoms with Gasteiger partial charge in [-0.25, -0.2) is 0 Å². The molecule has 0 fully saturated rings. The first-order chi connectivity index (χ1) is 9.86.